The Kier molecular flexibility index (Phi) is 3.24. The second-order valence-electron chi connectivity index (χ2n) is 4.63. The van der Waals surface area contributed by atoms with Crippen LogP contribution in [0.5, 0.6) is 0 Å². The molecule has 0 aliphatic carbocycles. The number of fused-ring (bicyclic) bond motifs is 1. The zero-order valence-corrected chi connectivity index (χ0v) is 11.2. The fourth-order valence-corrected chi connectivity index (χ4v) is 2.16. The van der Waals surface area contributed by atoms with Gasteiger partial charge in [-0.25, -0.2) is 9.59 Å². The molecule has 0 bridgehead atoms. The standard InChI is InChI=1S/C16H9NO5/c17-7-10(15(18)19)6-12-2-4-14(22-12)9-1-3-13-11(5-9)8-21-16(13)20/h1-6H,8H2,(H,18,19)/b10-6+. The molecular formula is C16H9NO5. The van der Waals surface area contributed by atoms with Gasteiger partial charge in [0.1, 0.15) is 29.8 Å². The lowest BCUT2D eigenvalue weighted by atomic mass is 10.0. The Morgan fingerprint density at radius 1 is 1.32 bits per heavy atom. The molecule has 0 amide bonds. The Morgan fingerprint density at radius 3 is 2.86 bits per heavy atom. The van der Waals surface area contributed by atoms with Crippen LogP contribution in [-0.2, 0) is 16.1 Å². The van der Waals surface area contributed by atoms with Gasteiger partial charge < -0.3 is 14.3 Å². The summed E-state index contributed by atoms with van der Waals surface area (Å²) in [5.41, 5.74) is 1.65. The van der Waals surface area contributed by atoms with Crippen molar-refractivity contribution in [2.75, 3.05) is 0 Å². The average Bonchev–Trinajstić information content (AvgIpc) is 3.11. The molecular weight excluding hydrogens is 286 g/mol. The molecule has 0 atom stereocenters. The van der Waals surface area contributed by atoms with Crippen molar-refractivity contribution >= 4 is 18.0 Å². The predicted molar refractivity (Wildman–Crippen MR) is 74.5 cm³/mol. The zero-order chi connectivity index (χ0) is 15.7. The van der Waals surface area contributed by atoms with Crippen LogP contribution >= 0.6 is 0 Å². The van der Waals surface area contributed by atoms with Gasteiger partial charge in [-0.1, -0.05) is 6.07 Å². The van der Waals surface area contributed by atoms with Gasteiger partial charge in [0.2, 0.25) is 0 Å². The van der Waals surface area contributed by atoms with Crippen LogP contribution in [0.2, 0.25) is 0 Å². The number of carboxylic acids is 1. The summed E-state index contributed by atoms with van der Waals surface area (Å²) in [4.78, 5) is 22.2. The van der Waals surface area contributed by atoms with Gasteiger partial charge >= 0.3 is 11.9 Å². The second kappa shape index (κ2) is 5.22. The number of benzene rings is 1. The Labute approximate surface area is 124 Å². The number of carboxylic acid groups (broad SMARTS) is 1. The van der Waals surface area contributed by atoms with E-state index in [9.17, 15) is 9.59 Å². The molecule has 0 spiro atoms. The van der Waals surface area contributed by atoms with Gasteiger partial charge in [-0.15, -0.1) is 0 Å². The highest BCUT2D eigenvalue weighted by Crippen LogP contribution is 2.28. The van der Waals surface area contributed by atoms with E-state index in [2.05, 4.69) is 0 Å². The number of cyclic esters (lactones) is 1. The smallest absolute Gasteiger partial charge is 0.346 e. The van der Waals surface area contributed by atoms with Crippen molar-refractivity contribution in [2.24, 2.45) is 0 Å². The minimum Gasteiger partial charge on any atom is -0.477 e. The molecule has 3 rings (SSSR count). The number of furan rings is 1. The van der Waals surface area contributed by atoms with Crippen molar-refractivity contribution in [3.05, 3.63) is 52.8 Å². The summed E-state index contributed by atoms with van der Waals surface area (Å²) in [5.74, 6) is -0.878. The third-order valence-corrected chi connectivity index (χ3v) is 3.23. The lowest BCUT2D eigenvalue weighted by Crippen LogP contribution is -1.96. The predicted octanol–water partition coefficient (Wildman–Crippen LogP) is 2.61. The Bertz CT molecular complexity index is 854. The van der Waals surface area contributed by atoms with Gasteiger partial charge in [-0.2, -0.15) is 5.26 Å². The maximum atomic E-state index is 11.4. The topological polar surface area (TPSA) is 101 Å². The van der Waals surface area contributed by atoms with E-state index in [1.54, 1.807) is 36.4 Å². The first-order valence-electron chi connectivity index (χ1n) is 6.34. The van der Waals surface area contributed by atoms with E-state index in [4.69, 9.17) is 19.5 Å². The highest BCUT2D eigenvalue weighted by molar-refractivity contribution is 5.96. The van der Waals surface area contributed by atoms with E-state index in [0.717, 1.165) is 17.2 Å². The number of nitrogens with zero attached hydrogens (tertiary/aromatic N) is 1. The third-order valence-electron chi connectivity index (χ3n) is 3.23. The molecule has 0 radical (unpaired) electrons. The number of ether oxygens (including phenoxy) is 1. The van der Waals surface area contributed by atoms with Crippen molar-refractivity contribution in [3.63, 3.8) is 0 Å². The SMILES string of the molecule is N#C/C(=C\c1ccc(-c2ccc3c(c2)COC3=O)o1)C(=O)O. The Hall–Kier alpha value is -3.33. The molecule has 6 heteroatoms. The Morgan fingerprint density at radius 2 is 2.14 bits per heavy atom. The molecule has 108 valence electrons. The molecule has 2 heterocycles. The molecule has 0 unspecified atom stereocenters. The van der Waals surface area contributed by atoms with Crippen LogP contribution in [0, 0.1) is 11.3 Å². The van der Waals surface area contributed by atoms with Crippen LogP contribution in [-0.4, -0.2) is 17.0 Å². The normalized spacial score (nSPS) is 13.4. The van der Waals surface area contributed by atoms with Crippen molar-refractivity contribution in [1.29, 1.82) is 5.26 Å². The minimum atomic E-state index is -1.31. The number of nitriles is 1. The quantitative estimate of drug-likeness (QED) is 0.530. The van der Waals surface area contributed by atoms with Crippen molar-refractivity contribution in [1.82, 2.24) is 0 Å². The molecule has 22 heavy (non-hydrogen) atoms. The number of rotatable bonds is 3. The largest absolute Gasteiger partial charge is 0.477 e. The van der Waals surface area contributed by atoms with Gasteiger partial charge in [0.15, 0.2) is 0 Å². The first kappa shape index (κ1) is 13.6. The van der Waals surface area contributed by atoms with Crippen LogP contribution in [0.25, 0.3) is 17.4 Å². The summed E-state index contributed by atoms with van der Waals surface area (Å²) in [6.07, 6.45) is 1.16. The summed E-state index contributed by atoms with van der Waals surface area (Å²) < 4.78 is 10.5. The fraction of sp³-hybridized carbons (Fsp3) is 0.0625. The summed E-state index contributed by atoms with van der Waals surface area (Å²) in [6, 6.07) is 10.00. The molecule has 2 aromatic rings. The number of esters is 1. The first-order valence-corrected chi connectivity index (χ1v) is 6.34. The second-order valence-corrected chi connectivity index (χ2v) is 4.63. The lowest BCUT2D eigenvalue weighted by Gasteiger charge is -1.99. The van der Waals surface area contributed by atoms with Gasteiger partial charge in [-0.3, -0.25) is 0 Å². The minimum absolute atomic E-state index is 0.229. The van der Waals surface area contributed by atoms with Crippen molar-refractivity contribution in [3.8, 4) is 17.4 Å². The van der Waals surface area contributed by atoms with E-state index in [1.807, 2.05) is 0 Å². The maximum Gasteiger partial charge on any atom is 0.346 e. The molecule has 1 aliphatic rings. The van der Waals surface area contributed by atoms with Crippen LogP contribution in [0.3, 0.4) is 0 Å². The third kappa shape index (κ3) is 2.36. The highest BCUT2D eigenvalue weighted by Gasteiger charge is 2.21. The number of carbonyl (C=O) groups is 2. The van der Waals surface area contributed by atoms with E-state index < -0.39 is 11.5 Å². The summed E-state index contributed by atoms with van der Waals surface area (Å²) in [6.45, 7) is 0.229. The monoisotopic (exact) mass is 295 g/mol. The van der Waals surface area contributed by atoms with Gasteiger partial charge in [0.05, 0.1) is 5.56 Å². The molecule has 1 aliphatic heterocycles. The number of carbonyl (C=O) groups excluding carboxylic acids is 1. The lowest BCUT2D eigenvalue weighted by molar-refractivity contribution is -0.132. The summed E-state index contributed by atoms with van der Waals surface area (Å²) >= 11 is 0. The highest BCUT2D eigenvalue weighted by atomic mass is 16.5. The van der Waals surface area contributed by atoms with Crippen LogP contribution in [0.4, 0.5) is 0 Å². The summed E-state index contributed by atoms with van der Waals surface area (Å²) in [7, 11) is 0. The molecule has 0 saturated heterocycles. The molecule has 1 aromatic heterocycles. The molecule has 0 saturated carbocycles. The maximum absolute atomic E-state index is 11.4. The van der Waals surface area contributed by atoms with Crippen LogP contribution < -0.4 is 0 Å². The molecule has 1 N–H and O–H groups in total. The van der Waals surface area contributed by atoms with E-state index in [1.165, 1.54) is 0 Å². The number of hydrogen-bond donors (Lipinski definition) is 1. The number of aliphatic carboxylic acids is 1. The molecule has 0 fully saturated rings. The van der Waals surface area contributed by atoms with E-state index in [0.29, 0.717) is 11.3 Å². The zero-order valence-electron chi connectivity index (χ0n) is 11.2. The van der Waals surface area contributed by atoms with Crippen LogP contribution in [0.15, 0.2) is 40.3 Å². The Balaban J connectivity index is 1.94. The fourth-order valence-electron chi connectivity index (χ4n) is 2.16. The van der Waals surface area contributed by atoms with Crippen molar-refractivity contribution < 1.29 is 23.8 Å². The average molecular weight is 295 g/mol. The van der Waals surface area contributed by atoms with E-state index >= 15 is 0 Å². The first-order chi connectivity index (χ1) is 10.6. The van der Waals surface area contributed by atoms with Crippen LogP contribution in [0.1, 0.15) is 21.7 Å². The number of hydrogen-bond acceptors (Lipinski definition) is 5. The van der Waals surface area contributed by atoms with Gasteiger partial charge in [0, 0.05) is 17.2 Å². The van der Waals surface area contributed by atoms with Gasteiger partial charge in [-0.05, 0) is 24.3 Å². The van der Waals surface area contributed by atoms with Gasteiger partial charge in [0.25, 0.3) is 0 Å². The molecule has 6 nitrogen and oxygen atoms in total. The summed E-state index contributed by atoms with van der Waals surface area (Å²) in [5, 5.41) is 17.5. The molecule has 1 aromatic carbocycles. The van der Waals surface area contributed by atoms with E-state index in [-0.39, 0.29) is 18.3 Å². The van der Waals surface area contributed by atoms with Crippen molar-refractivity contribution in [2.45, 2.75) is 6.61 Å².